The van der Waals surface area contributed by atoms with Crippen LogP contribution >= 0.6 is 11.3 Å². The molecular formula is C14H24N2OS. The largest absolute Gasteiger partial charge is 0.378 e. The number of ether oxygens (including phenoxy) is 1. The van der Waals surface area contributed by atoms with Crippen molar-refractivity contribution in [3.63, 3.8) is 0 Å². The predicted octanol–water partition coefficient (Wildman–Crippen LogP) is 3.13. The predicted molar refractivity (Wildman–Crippen MR) is 75.9 cm³/mol. The summed E-state index contributed by atoms with van der Waals surface area (Å²) >= 11 is 1.74. The molecule has 1 aliphatic carbocycles. The first kappa shape index (κ1) is 14.0. The Balaban J connectivity index is 1.87. The number of nitrogens with one attached hydrogen (secondary N) is 1. The molecule has 0 spiro atoms. The second-order valence-electron chi connectivity index (χ2n) is 5.36. The van der Waals surface area contributed by atoms with Crippen molar-refractivity contribution >= 4 is 11.3 Å². The minimum atomic E-state index is 0.280. The second-order valence-corrected chi connectivity index (χ2v) is 6.30. The molecule has 1 aromatic rings. The number of hydrogen-bond acceptors (Lipinski definition) is 4. The van der Waals surface area contributed by atoms with Gasteiger partial charge in [0.05, 0.1) is 6.10 Å². The van der Waals surface area contributed by atoms with Crippen molar-refractivity contribution < 1.29 is 4.74 Å². The standard InChI is InChI=1S/C14H24N2OS/c1-5-14(4)11(7-12(14)17-6-2)15-8-13-16-10(3)9-18-13/h9,11-12,15H,5-8H2,1-4H3. The molecule has 1 aliphatic rings. The van der Waals surface area contributed by atoms with Crippen LogP contribution in [0.3, 0.4) is 0 Å². The molecule has 4 heteroatoms. The van der Waals surface area contributed by atoms with Crippen molar-refractivity contribution in [3.8, 4) is 0 Å². The van der Waals surface area contributed by atoms with E-state index in [4.69, 9.17) is 4.74 Å². The van der Waals surface area contributed by atoms with Crippen LogP contribution in [-0.4, -0.2) is 23.7 Å². The maximum atomic E-state index is 5.82. The summed E-state index contributed by atoms with van der Waals surface area (Å²) in [6.45, 7) is 10.4. The summed E-state index contributed by atoms with van der Waals surface area (Å²) in [5, 5.41) is 6.94. The van der Waals surface area contributed by atoms with E-state index in [-0.39, 0.29) is 5.41 Å². The minimum Gasteiger partial charge on any atom is -0.378 e. The molecule has 1 fully saturated rings. The van der Waals surface area contributed by atoms with E-state index in [1.54, 1.807) is 11.3 Å². The number of thiazole rings is 1. The maximum absolute atomic E-state index is 5.82. The molecule has 0 saturated heterocycles. The molecule has 3 nitrogen and oxygen atoms in total. The molecule has 3 unspecified atom stereocenters. The van der Waals surface area contributed by atoms with Crippen LogP contribution < -0.4 is 5.32 Å². The van der Waals surface area contributed by atoms with E-state index in [0.717, 1.165) is 31.7 Å². The van der Waals surface area contributed by atoms with Crippen LogP contribution in [0.2, 0.25) is 0 Å². The van der Waals surface area contributed by atoms with Gasteiger partial charge in [-0.2, -0.15) is 0 Å². The molecule has 0 bridgehead atoms. The van der Waals surface area contributed by atoms with Gasteiger partial charge in [0.2, 0.25) is 0 Å². The second kappa shape index (κ2) is 5.68. The van der Waals surface area contributed by atoms with Gasteiger partial charge in [-0.05, 0) is 26.7 Å². The lowest BCUT2D eigenvalue weighted by molar-refractivity contribution is -0.126. The molecule has 1 heterocycles. The topological polar surface area (TPSA) is 34.1 Å². The van der Waals surface area contributed by atoms with E-state index < -0.39 is 0 Å². The first-order valence-electron chi connectivity index (χ1n) is 6.86. The van der Waals surface area contributed by atoms with Crippen molar-refractivity contribution in [1.29, 1.82) is 0 Å². The Morgan fingerprint density at radius 3 is 2.89 bits per heavy atom. The van der Waals surface area contributed by atoms with Crippen molar-refractivity contribution in [2.75, 3.05) is 6.61 Å². The van der Waals surface area contributed by atoms with Gasteiger partial charge in [0.25, 0.3) is 0 Å². The van der Waals surface area contributed by atoms with Crippen LogP contribution in [0.25, 0.3) is 0 Å². The lowest BCUT2D eigenvalue weighted by atomic mass is 9.61. The van der Waals surface area contributed by atoms with Crippen LogP contribution in [0.15, 0.2) is 5.38 Å². The number of aromatic nitrogens is 1. The van der Waals surface area contributed by atoms with Crippen LogP contribution in [0.1, 0.15) is 44.3 Å². The van der Waals surface area contributed by atoms with Gasteiger partial charge in [0.1, 0.15) is 5.01 Å². The highest BCUT2D eigenvalue weighted by molar-refractivity contribution is 7.09. The normalized spacial score (nSPS) is 31.3. The summed E-state index contributed by atoms with van der Waals surface area (Å²) in [5.74, 6) is 0. The van der Waals surface area contributed by atoms with Crippen molar-refractivity contribution in [2.24, 2.45) is 5.41 Å². The van der Waals surface area contributed by atoms with Gasteiger partial charge >= 0.3 is 0 Å². The van der Waals surface area contributed by atoms with Gasteiger partial charge in [-0.25, -0.2) is 4.98 Å². The number of hydrogen-bond donors (Lipinski definition) is 1. The zero-order valence-corrected chi connectivity index (χ0v) is 12.6. The first-order valence-corrected chi connectivity index (χ1v) is 7.74. The Hall–Kier alpha value is -0.450. The SMILES string of the molecule is CCOC1CC(NCc2nc(C)cs2)C1(C)CC. The zero-order chi connectivity index (χ0) is 13.2. The third kappa shape index (κ3) is 2.60. The molecule has 2 rings (SSSR count). The highest BCUT2D eigenvalue weighted by atomic mass is 32.1. The Morgan fingerprint density at radius 2 is 2.33 bits per heavy atom. The fourth-order valence-electron chi connectivity index (χ4n) is 2.76. The van der Waals surface area contributed by atoms with Crippen LogP contribution in [0, 0.1) is 12.3 Å². The molecule has 0 radical (unpaired) electrons. The van der Waals surface area contributed by atoms with Gasteiger partial charge in [-0.1, -0.05) is 13.8 Å². The van der Waals surface area contributed by atoms with Crippen molar-refractivity contribution in [3.05, 3.63) is 16.1 Å². The van der Waals surface area contributed by atoms with Crippen LogP contribution in [-0.2, 0) is 11.3 Å². The molecule has 0 aromatic carbocycles. The molecular weight excluding hydrogens is 244 g/mol. The monoisotopic (exact) mass is 268 g/mol. The number of rotatable bonds is 6. The maximum Gasteiger partial charge on any atom is 0.107 e. The van der Waals surface area contributed by atoms with E-state index in [2.05, 4.69) is 36.5 Å². The van der Waals surface area contributed by atoms with Gasteiger partial charge in [-0.3, -0.25) is 0 Å². The summed E-state index contributed by atoms with van der Waals surface area (Å²) in [7, 11) is 0. The van der Waals surface area contributed by atoms with E-state index >= 15 is 0 Å². The lowest BCUT2D eigenvalue weighted by Crippen LogP contribution is -2.61. The third-order valence-electron chi connectivity index (χ3n) is 4.28. The summed E-state index contributed by atoms with van der Waals surface area (Å²) in [6, 6.07) is 0.559. The highest BCUT2D eigenvalue weighted by Gasteiger charge is 2.50. The molecule has 1 aromatic heterocycles. The molecule has 1 N–H and O–H groups in total. The van der Waals surface area contributed by atoms with E-state index in [1.165, 1.54) is 5.01 Å². The van der Waals surface area contributed by atoms with E-state index in [9.17, 15) is 0 Å². The van der Waals surface area contributed by atoms with Gasteiger partial charge in [-0.15, -0.1) is 11.3 Å². The highest BCUT2D eigenvalue weighted by Crippen LogP contribution is 2.45. The minimum absolute atomic E-state index is 0.280. The van der Waals surface area contributed by atoms with Crippen molar-refractivity contribution in [1.82, 2.24) is 10.3 Å². The molecule has 18 heavy (non-hydrogen) atoms. The molecule has 3 atom stereocenters. The number of aryl methyl sites for hydroxylation is 1. The summed E-state index contributed by atoms with van der Waals surface area (Å²) in [6.07, 6.45) is 2.71. The lowest BCUT2D eigenvalue weighted by Gasteiger charge is -2.53. The van der Waals surface area contributed by atoms with Crippen LogP contribution in [0.4, 0.5) is 0 Å². The molecule has 102 valence electrons. The molecule has 0 amide bonds. The van der Waals surface area contributed by atoms with Gasteiger partial charge in [0.15, 0.2) is 0 Å². The Kier molecular flexibility index (Phi) is 4.41. The average Bonchev–Trinajstić information content (AvgIpc) is 2.77. The number of nitrogens with zero attached hydrogens (tertiary/aromatic N) is 1. The quantitative estimate of drug-likeness (QED) is 0.860. The summed E-state index contributed by atoms with van der Waals surface area (Å²) in [5.41, 5.74) is 1.40. The fourth-order valence-corrected chi connectivity index (χ4v) is 3.48. The van der Waals surface area contributed by atoms with Gasteiger partial charge in [0, 0.05) is 35.7 Å². The molecule has 0 aliphatic heterocycles. The van der Waals surface area contributed by atoms with Crippen molar-refractivity contribution in [2.45, 2.75) is 59.2 Å². The Bertz CT molecular complexity index is 393. The van der Waals surface area contributed by atoms with Crippen LogP contribution in [0.5, 0.6) is 0 Å². The first-order chi connectivity index (χ1) is 8.60. The smallest absolute Gasteiger partial charge is 0.107 e. The Morgan fingerprint density at radius 1 is 1.56 bits per heavy atom. The molecule has 1 saturated carbocycles. The Labute approximate surface area is 114 Å². The zero-order valence-electron chi connectivity index (χ0n) is 11.8. The van der Waals surface area contributed by atoms with Gasteiger partial charge < -0.3 is 10.1 Å². The summed E-state index contributed by atoms with van der Waals surface area (Å²) < 4.78 is 5.82. The van der Waals surface area contributed by atoms with E-state index in [0.29, 0.717) is 12.1 Å². The summed E-state index contributed by atoms with van der Waals surface area (Å²) in [4.78, 5) is 4.49. The average molecular weight is 268 g/mol. The van der Waals surface area contributed by atoms with E-state index in [1.807, 2.05) is 6.92 Å². The fraction of sp³-hybridized carbons (Fsp3) is 0.786. The third-order valence-corrected chi connectivity index (χ3v) is 5.24.